The van der Waals surface area contributed by atoms with Crippen LogP contribution in [0.25, 0.3) is 0 Å². The molecular formula is C15H15ClN2OS. The number of rotatable bonds is 4. The molecule has 1 aliphatic rings. The average molecular weight is 307 g/mol. The minimum Gasteiger partial charge on any atom is -0.384 e. The molecule has 1 aromatic heterocycles. The second-order valence-electron chi connectivity index (χ2n) is 4.69. The largest absolute Gasteiger partial charge is 0.384 e. The zero-order valence-electron chi connectivity index (χ0n) is 11.0. The van der Waals surface area contributed by atoms with Crippen LogP contribution in [0.1, 0.15) is 16.5 Å². The SMILES string of the molecule is COCC1C(c2cccs2)=NNC1c1ccc(Cl)cc1. The van der Waals surface area contributed by atoms with Crippen LogP contribution in [0, 0.1) is 5.92 Å². The van der Waals surface area contributed by atoms with Gasteiger partial charge in [-0.1, -0.05) is 29.8 Å². The molecule has 0 saturated carbocycles. The van der Waals surface area contributed by atoms with Crippen molar-refractivity contribution >= 4 is 28.6 Å². The van der Waals surface area contributed by atoms with Crippen molar-refractivity contribution in [2.24, 2.45) is 11.0 Å². The fourth-order valence-electron chi connectivity index (χ4n) is 2.46. The predicted molar refractivity (Wildman–Crippen MR) is 83.6 cm³/mol. The van der Waals surface area contributed by atoms with Crippen molar-refractivity contribution in [1.82, 2.24) is 5.43 Å². The molecule has 104 valence electrons. The molecule has 1 aromatic carbocycles. The van der Waals surface area contributed by atoms with Crippen molar-refractivity contribution in [3.8, 4) is 0 Å². The van der Waals surface area contributed by atoms with Crippen molar-refractivity contribution in [3.05, 3.63) is 57.2 Å². The van der Waals surface area contributed by atoms with Crippen molar-refractivity contribution in [3.63, 3.8) is 0 Å². The fourth-order valence-corrected chi connectivity index (χ4v) is 3.37. The van der Waals surface area contributed by atoms with Gasteiger partial charge in [-0.3, -0.25) is 0 Å². The van der Waals surface area contributed by atoms with Gasteiger partial charge in [-0.05, 0) is 29.1 Å². The Morgan fingerprint density at radius 1 is 1.30 bits per heavy atom. The highest BCUT2D eigenvalue weighted by atomic mass is 35.5. The maximum Gasteiger partial charge on any atom is 0.0853 e. The molecule has 2 aromatic rings. The Kier molecular flexibility index (Phi) is 4.05. The van der Waals surface area contributed by atoms with Gasteiger partial charge in [0.25, 0.3) is 0 Å². The Morgan fingerprint density at radius 3 is 2.75 bits per heavy atom. The monoisotopic (exact) mass is 306 g/mol. The van der Waals surface area contributed by atoms with Gasteiger partial charge in [-0.25, -0.2) is 0 Å². The van der Waals surface area contributed by atoms with E-state index in [9.17, 15) is 0 Å². The molecule has 5 heteroatoms. The molecule has 0 bridgehead atoms. The predicted octanol–water partition coefficient (Wildman–Crippen LogP) is 3.71. The number of hydrazone groups is 1. The summed E-state index contributed by atoms with van der Waals surface area (Å²) in [5.41, 5.74) is 5.48. The summed E-state index contributed by atoms with van der Waals surface area (Å²) in [6.45, 7) is 0.636. The Bertz CT molecular complexity index is 595. The molecule has 0 spiro atoms. The third kappa shape index (κ3) is 2.59. The minimum absolute atomic E-state index is 0.129. The third-order valence-electron chi connectivity index (χ3n) is 3.43. The van der Waals surface area contributed by atoms with Crippen LogP contribution in [-0.4, -0.2) is 19.4 Å². The maximum atomic E-state index is 5.95. The zero-order valence-corrected chi connectivity index (χ0v) is 12.6. The van der Waals surface area contributed by atoms with E-state index in [0.717, 1.165) is 10.7 Å². The highest BCUT2D eigenvalue weighted by Gasteiger charge is 2.33. The summed E-state index contributed by atoms with van der Waals surface area (Å²) in [7, 11) is 1.73. The molecule has 0 radical (unpaired) electrons. The Morgan fingerprint density at radius 2 is 2.10 bits per heavy atom. The average Bonchev–Trinajstić information content (AvgIpc) is 3.09. The van der Waals surface area contributed by atoms with Crippen molar-refractivity contribution in [2.45, 2.75) is 6.04 Å². The van der Waals surface area contributed by atoms with Gasteiger partial charge in [0.15, 0.2) is 0 Å². The van der Waals surface area contributed by atoms with Gasteiger partial charge in [-0.15, -0.1) is 11.3 Å². The summed E-state index contributed by atoms with van der Waals surface area (Å²) in [5.74, 6) is 0.208. The van der Waals surface area contributed by atoms with Gasteiger partial charge >= 0.3 is 0 Å². The number of ether oxygens (including phenoxy) is 1. The van der Waals surface area contributed by atoms with Crippen LogP contribution >= 0.6 is 22.9 Å². The van der Waals surface area contributed by atoms with Gasteiger partial charge in [0.05, 0.1) is 29.2 Å². The fraction of sp³-hybridized carbons (Fsp3) is 0.267. The second kappa shape index (κ2) is 5.95. The summed E-state index contributed by atoms with van der Waals surface area (Å²) in [6, 6.07) is 12.2. The first-order valence-corrected chi connectivity index (χ1v) is 7.66. The topological polar surface area (TPSA) is 33.6 Å². The van der Waals surface area contributed by atoms with Gasteiger partial charge in [-0.2, -0.15) is 5.10 Å². The molecule has 2 atom stereocenters. The van der Waals surface area contributed by atoms with E-state index < -0.39 is 0 Å². The number of halogens is 1. The first-order valence-electron chi connectivity index (χ1n) is 6.41. The van der Waals surface area contributed by atoms with Crippen LogP contribution in [-0.2, 0) is 4.74 Å². The number of nitrogens with one attached hydrogen (secondary N) is 1. The van der Waals surface area contributed by atoms with Crippen molar-refractivity contribution in [2.75, 3.05) is 13.7 Å². The highest BCUT2D eigenvalue weighted by molar-refractivity contribution is 7.12. The molecule has 2 heterocycles. The summed E-state index contributed by atoms with van der Waals surface area (Å²) < 4.78 is 5.39. The van der Waals surface area contributed by atoms with Crippen molar-refractivity contribution < 1.29 is 4.74 Å². The minimum atomic E-state index is 0.129. The third-order valence-corrected chi connectivity index (χ3v) is 4.57. The zero-order chi connectivity index (χ0) is 13.9. The molecular weight excluding hydrogens is 292 g/mol. The molecule has 0 amide bonds. The summed E-state index contributed by atoms with van der Waals surface area (Å²) in [5, 5.41) is 7.33. The van der Waals surface area contributed by atoms with Crippen molar-refractivity contribution in [1.29, 1.82) is 0 Å². The lowest BCUT2D eigenvalue weighted by Crippen LogP contribution is -2.25. The number of methoxy groups -OCH3 is 1. The van der Waals surface area contributed by atoms with E-state index in [1.54, 1.807) is 18.4 Å². The van der Waals surface area contributed by atoms with Crippen LogP contribution in [0.3, 0.4) is 0 Å². The van der Waals surface area contributed by atoms with E-state index in [-0.39, 0.29) is 12.0 Å². The molecule has 3 rings (SSSR count). The lowest BCUT2D eigenvalue weighted by Gasteiger charge is -2.20. The quantitative estimate of drug-likeness (QED) is 0.934. The number of hydrogen-bond acceptors (Lipinski definition) is 4. The number of hydrogen-bond donors (Lipinski definition) is 1. The maximum absolute atomic E-state index is 5.95. The van der Waals surface area contributed by atoms with Crippen LogP contribution in [0.4, 0.5) is 0 Å². The Balaban J connectivity index is 1.88. The highest BCUT2D eigenvalue weighted by Crippen LogP contribution is 2.32. The molecule has 1 N–H and O–H groups in total. The normalized spacial score (nSPS) is 21.6. The second-order valence-corrected chi connectivity index (χ2v) is 6.08. The van der Waals surface area contributed by atoms with Gasteiger partial charge in [0, 0.05) is 12.1 Å². The van der Waals surface area contributed by atoms with Crippen LogP contribution < -0.4 is 5.43 Å². The first kappa shape index (κ1) is 13.6. The van der Waals surface area contributed by atoms with Crippen LogP contribution in [0.5, 0.6) is 0 Å². The van der Waals surface area contributed by atoms with E-state index in [1.807, 2.05) is 30.3 Å². The summed E-state index contributed by atoms with van der Waals surface area (Å²) in [4.78, 5) is 1.19. The summed E-state index contributed by atoms with van der Waals surface area (Å²) >= 11 is 7.66. The number of nitrogens with zero attached hydrogens (tertiary/aromatic N) is 1. The van der Waals surface area contributed by atoms with Crippen LogP contribution in [0.2, 0.25) is 5.02 Å². The molecule has 3 nitrogen and oxygen atoms in total. The van der Waals surface area contributed by atoms with E-state index in [1.165, 1.54) is 10.4 Å². The summed E-state index contributed by atoms with van der Waals surface area (Å²) in [6.07, 6.45) is 0. The van der Waals surface area contributed by atoms with Gasteiger partial charge in [0.1, 0.15) is 0 Å². The molecule has 0 aliphatic carbocycles. The van der Waals surface area contributed by atoms with E-state index >= 15 is 0 Å². The number of thiophene rings is 1. The first-order chi connectivity index (χ1) is 9.79. The molecule has 1 aliphatic heterocycles. The lowest BCUT2D eigenvalue weighted by atomic mass is 9.90. The Labute approximate surface area is 127 Å². The van der Waals surface area contributed by atoms with E-state index in [0.29, 0.717) is 6.61 Å². The molecule has 0 fully saturated rings. The lowest BCUT2D eigenvalue weighted by molar-refractivity contribution is 0.165. The molecule has 20 heavy (non-hydrogen) atoms. The smallest absolute Gasteiger partial charge is 0.0853 e. The number of benzene rings is 1. The standard InChI is InChI=1S/C15H15ClN2OS/c1-19-9-12-14(10-4-6-11(16)7-5-10)17-18-15(12)13-3-2-8-20-13/h2-8,12,14,17H,9H2,1H3. The van der Waals surface area contributed by atoms with Gasteiger partial charge in [0.2, 0.25) is 0 Å². The van der Waals surface area contributed by atoms with E-state index in [2.05, 4.69) is 22.0 Å². The van der Waals surface area contributed by atoms with Gasteiger partial charge < -0.3 is 10.2 Å². The molecule has 0 saturated heterocycles. The van der Waals surface area contributed by atoms with Crippen LogP contribution in [0.15, 0.2) is 46.9 Å². The molecule has 2 unspecified atom stereocenters. The van der Waals surface area contributed by atoms with E-state index in [4.69, 9.17) is 16.3 Å². The Hall–Kier alpha value is -1.36.